The molecule has 0 bridgehead atoms. The summed E-state index contributed by atoms with van der Waals surface area (Å²) in [6.45, 7) is 0.273. The number of carbonyl (C=O) groups excluding carboxylic acids is 2. The van der Waals surface area contributed by atoms with Crippen LogP contribution in [-0.4, -0.2) is 37.2 Å². The molecule has 0 radical (unpaired) electrons. The van der Waals surface area contributed by atoms with Gasteiger partial charge in [-0.25, -0.2) is 9.59 Å². The Labute approximate surface area is 116 Å². The summed E-state index contributed by atoms with van der Waals surface area (Å²) < 4.78 is 9.74. The molecule has 19 heavy (non-hydrogen) atoms. The van der Waals surface area contributed by atoms with Crippen molar-refractivity contribution in [2.24, 2.45) is 0 Å². The predicted octanol–water partition coefficient (Wildman–Crippen LogP) is 1.37. The first-order valence-electron chi connectivity index (χ1n) is 5.81. The zero-order valence-corrected chi connectivity index (χ0v) is 11.8. The highest BCUT2D eigenvalue weighted by atomic mass is 32.2. The van der Waals surface area contributed by atoms with Crippen LogP contribution < -0.4 is 10.6 Å². The number of methoxy groups -OCH3 is 1. The lowest BCUT2D eigenvalue weighted by Gasteiger charge is -2.16. The van der Waals surface area contributed by atoms with Gasteiger partial charge in [0.05, 0.1) is 19.9 Å². The third-order valence-corrected chi connectivity index (χ3v) is 3.05. The van der Waals surface area contributed by atoms with Gasteiger partial charge in [-0.2, -0.15) is 11.8 Å². The van der Waals surface area contributed by atoms with E-state index in [2.05, 4.69) is 15.4 Å². The molecule has 0 aliphatic rings. The van der Waals surface area contributed by atoms with Crippen LogP contribution in [0.4, 0.5) is 4.79 Å². The van der Waals surface area contributed by atoms with Crippen LogP contribution >= 0.6 is 11.8 Å². The van der Waals surface area contributed by atoms with Crippen LogP contribution in [0.3, 0.4) is 0 Å². The summed E-state index contributed by atoms with van der Waals surface area (Å²) in [5, 5.41) is 5.20. The van der Waals surface area contributed by atoms with E-state index >= 15 is 0 Å². The molecule has 1 aromatic rings. The Morgan fingerprint density at radius 3 is 2.89 bits per heavy atom. The average molecular weight is 286 g/mol. The molecular formula is C12H18N2O4S. The lowest BCUT2D eigenvalue weighted by molar-refractivity contribution is -0.142. The number of furan rings is 1. The summed E-state index contributed by atoms with van der Waals surface area (Å²) in [5.41, 5.74) is 0. The van der Waals surface area contributed by atoms with E-state index in [-0.39, 0.29) is 6.54 Å². The monoisotopic (exact) mass is 286 g/mol. The highest BCUT2D eigenvalue weighted by Crippen LogP contribution is 2.03. The number of amides is 2. The zero-order chi connectivity index (χ0) is 14.1. The van der Waals surface area contributed by atoms with Gasteiger partial charge in [-0.1, -0.05) is 0 Å². The lowest BCUT2D eigenvalue weighted by Crippen LogP contribution is -2.46. The fourth-order valence-electron chi connectivity index (χ4n) is 1.42. The Morgan fingerprint density at radius 2 is 2.32 bits per heavy atom. The van der Waals surface area contributed by atoms with Crippen molar-refractivity contribution in [2.45, 2.75) is 19.0 Å². The van der Waals surface area contributed by atoms with Crippen molar-refractivity contribution in [3.05, 3.63) is 24.2 Å². The number of esters is 1. The Hall–Kier alpha value is -1.63. The first kappa shape index (κ1) is 15.4. The van der Waals surface area contributed by atoms with Gasteiger partial charge in [-0.15, -0.1) is 0 Å². The van der Waals surface area contributed by atoms with Crippen LogP contribution in [-0.2, 0) is 16.1 Å². The predicted molar refractivity (Wildman–Crippen MR) is 72.9 cm³/mol. The molecule has 1 unspecified atom stereocenters. The summed E-state index contributed by atoms with van der Waals surface area (Å²) >= 11 is 1.60. The molecule has 0 aliphatic heterocycles. The lowest BCUT2D eigenvalue weighted by atomic mass is 10.2. The van der Waals surface area contributed by atoms with Crippen LogP contribution in [0.15, 0.2) is 22.8 Å². The Morgan fingerprint density at radius 1 is 1.53 bits per heavy atom. The Bertz CT molecular complexity index is 394. The summed E-state index contributed by atoms with van der Waals surface area (Å²) in [6, 6.07) is 2.44. The standard InChI is InChI=1S/C12H18N2O4S/c1-17-11(15)10(5-7-19-2)14-12(16)13-8-9-4-3-6-18-9/h3-4,6,10H,5,7-8H2,1-2H3,(H2,13,14,16). The van der Waals surface area contributed by atoms with Gasteiger partial charge in [0.2, 0.25) is 0 Å². The molecule has 0 saturated carbocycles. The second-order valence-electron chi connectivity index (χ2n) is 3.76. The molecule has 0 aliphatic carbocycles. The van der Waals surface area contributed by atoms with Crippen molar-refractivity contribution in [3.63, 3.8) is 0 Å². The third kappa shape index (κ3) is 5.69. The minimum atomic E-state index is -0.631. The van der Waals surface area contributed by atoms with Gasteiger partial charge in [-0.05, 0) is 30.6 Å². The molecule has 0 aromatic carbocycles. The van der Waals surface area contributed by atoms with Gasteiger partial charge in [0.1, 0.15) is 11.8 Å². The zero-order valence-electron chi connectivity index (χ0n) is 11.0. The molecule has 1 rings (SSSR count). The highest BCUT2D eigenvalue weighted by Gasteiger charge is 2.20. The van der Waals surface area contributed by atoms with Gasteiger partial charge in [0, 0.05) is 0 Å². The van der Waals surface area contributed by atoms with Gasteiger partial charge in [-0.3, -0.25) is 0 Å². The van der Waals surface area contributed by atoms with Crippen molar-refractivity contribution < 1.29 is 18.7 Å². The number of hydrogen-bond acceptors (Lipinski definition) is 5. The van der Waals surface area contributed by atoms with E-state index < -0.39 is 18.0 Å². The molecular weight excluding hydrogens is 268 g/mol. The largest absolute Gasteiger partial charge is 0.467 e. The van der Waals surface area contributed by atoms with Crippen molar-refractivity contribution in [3.8, 4) is 0 Å². The summed E-state index contributed by atoms with van der Waals surface area (Å²) in [6.07, 6.45) is 4.00. The number of thioether (sulfide) groups is 1. The van der Waals surface area contributed by atoms with Crippen LogP contribution in [0.5, 0.6) is 0 Å². The van der Waals surface area contributed by atoms with Gasteiger partial charge in [0.25, 0.3) is 0 Å². The Balaban J connectivity index is 2.39. The normalized spacial score (nSPS) is 11.7. The van der Waals surface area contributed by atoms with Crippen LogP contribution in [0.25, 0.3) is 0 Å². The number of carbonyl (C=O) groups is 2. The average Bonchev–Trinajstić information content (AvgIpc) is 2.93. The molecule has 0 fully saturated rings. The van der Waals surface area contributed by atoms with Gasteiger partial charge in [0.15, 0.2) is 0 Å². The van der Waals surface area contributed by atoms with E-state index in [0.29, 0.717) is 12.2 Å². The van der Waals surface area contributed by atoms with Gasteiger partial charge >= 0.3 is 12.0 Å². The van der Waals surface area contributed by atoms with E-state index in [1.807, 2.05) is 6.26 Å². The molecule has 7 heteroatoms. The van der Waals surface area contributed by atoms with Crippen LogP contribution in [0.2, 0.25) is 0 Å². The van der Waals surface area contributed by atoms with Crippen molar-refractivity contribution >= 4 is 23.8 Å². The summed E-state index contributed by atoms with van der Waals surface area (Å²) in [7, 11) is 1.30. The van der Waals surface area contributed by atoms with Crippen LogP contribution in [0.1, 0.15) is 12.2 Å². The number of hydrogen-bond donors (Lipinski definition) is 2. The number of rotatable bonds is 7. The molecule has 2 amide bonds. The first-order chi connectivity index (χ1) is 9.17. The highest BCUT2D eigenvalue weighted by molar-refractivity contribution is 7.98. The molecule has 2 N–H and O–H groups in total. The molecule has 0 spiro atoms. The quantitative estimate of drug-likeness (QED) is 0.740. The maximum absolute atomic E-state index is 11.7. The van der Waals surface area contributed by atoms with Gasteiger partial charge < -0.3 is 19.8 Å². The topological polar surface area (TPSA) is 80.6 Å². The van der Waals surface area contributed by atoms with E-state index in [4.69, 9.17) is 4.42 Å². The Kier molecular flexibility index (Phi) is 6.88. The third-order valence-electron chi connectivity index (χ3n) is 2.40. The number of ether oxygens (including phenoxy) is 1. The second kappa shape index (κ2) is 8.47. The number of nitrogens with one attached hydrogen (secondary N) is 2. The van der Waals surface area contributed by atoms with Crippen molar-refractivity contribution in [1.29, 1.82) is 0 Å². The SMILES string of the molecule is COC(=O)C(CCSC)NC(=O)NCc1ccco1. The molecule has 0 saturated heterocycles. The van der Waals surface area contributed by atoms with Crippen molar-refractivity contribution in [1.82, 2.24) is 10.6 Å². The van der Waals surface area contributed by atoms with Crippen LogP contribution in [0, 0.1) is 0 Å². The maximum Gasteiger partial charge on any atom is 0.328 e. The molecule has 6 nitrogen and oxygen atoms in total. The smallest absolute Gasteiger partial charge is 0.328 e. The first-order valence-corrected chi connectivity index (χ1v) is 7.20. The molecule has 1 atom stereocenters. The fraction of sp³-hybridized carbons (Fsp3) is 0.500. The summed E-state index contributed by atoms with van der Waals surface area (Å²) in [5.74, 6) is 0.967. The second-order valence-corrected chi connectivity index (χ2v) is 4.75. The molecule has 106 valence electrons. The number of urea groups is 1. The maximum atomic E-state index is 11.7. The van der Waals surface area contributed by atoms with E-state index in [0.717, 1.165) is 5.75 Å². The van der Waals surface area contributed by atoms with Crippen molar-refractivity contribution in [2.75, 3.05) is 19.1 Å². The van der Waals surface area contributed by atoms with E-state index in [9.17, 15) is 9.59 Å². The molecule has 1 heterocycles. The minimum Gasteiger partial charge on any atom is -0.467 e. The molecule has 1 aromatic heterocycles. The fourth-order valence-corrected chi connectivity index (χ4v) is 1.89. The van der Waals surface area contributed by atoms with E-state index in [1.165, 1.54) is 13.4 Å². The summed E-state index contributed by atoms with van der Waals surface area (Å²) in [4.78, 5) is 23.1. The van der Waals surface area contributed by atoms with E-state index in [1.54, 1.807) is 23.9 Å². The minimum absolute atomic E-state index is 0.273.